The van der Waals surface area contributed by atoms with E-state index in [0.717, 1.165) is 21.8 Å². The van der Waals surface area contributed by atoms with Crippen molar-refractivity contribution < 1.29 is 18.6 Å². The van der Waals surface area contributed by atoms with Crippen molar-refractivity contribution in [2.24, 2.45) is 0 Å². The van der Waals surface area contributed by atoms with Crippen LogP contribution in [0.25, 0.3) is 0 Å². The Bertz CT molecular complexity index is 799. The number of anilines is 1. The van der Waals surface area contributed by atoms with Crippen molar-refractivity contribution in [3.63, 3.8) is 0 Å². The van der Waals surface area contributed by atoms with E-state index in [0.29, 0.717) is 6.42 Å². The van der Waals surface area contributed by atoms with Crippen LogP contribution < -0.4 is 9.03 Å². The molecular formula is C12H12N4O4S. The van der Waals surface area contributed by atoms with Crippen molar-refractivity contribution in [1.29, 1.82) is 0 Å². The highest BCUT2D eigenvalue weighted by Gasteiger charge is 2.30. The molecule has 0 saturated heterocycles. The van der Waals surface area contributed by atoms with E-state index < -0.39 is 16.1 Å². The number of hydrogen-bond acceptors (Lipinski definition) is 5. The molecule has 0 aliphatic carbocycles. The molecule has 1 aliphatic heterocycles. The molecule has 8 nitrogen and oxygen atoms in total. The maximum Gasteiger partial charge on any atom is 0.330 e. The number of phenols is 1. The van der Waals surface area contributed by atoms with Gasteiger partial charge in [0.15, 0.2) is 0 Å². The Kier molecular flexibility index (Phi) is 2.98. The van der Waals surface area contributed by atoms with Gasteiger partial charge in [-0.3, -0.25) is 5.10 Å². The van der Waals surface area contributed by atoms with Gasteiger partial charge in [0.2, 0.25) is 5.88 Å². The number of rotatable bonds is 3. The van der Waals surface area contributed by atoms with E-state index in [-0.39, 0.29) is 11.4 Å². The molecule has 0 saturated carbocycles. The quantitative estimate of drug-likeness (QED) is 0.666. The number of nitrogens with one attached hydrogen (secondary N) is 2. The van der Waals surface area contributed by atoms with Gasteiger partial charge in [-0.25, -0.2) is 9.03 Å². The normalized spacial score (nSPS) is 16.6. The van der Waals surface area contributed by atoms with Crippen LogP contribution in [0.1, 0.15) is 11.3 Å². The minimum Gasteiger partial charge on any atom is -0.506 e. The predicted molar refractivity (Wildman–Crippen MR) is 74.7 cm³/mol. The molecule has 1 aromatic carbocycles. The summed E-state index contributed by atoms with van der Waals surface area (Å²) in [5.41, 5.74) is 1.72. The van der Waals surface area contributed by atoms with Gasteiger partial charge >= 0.3 is 10.2 Å². The molecule has 0 fully saturated rings. The Balaban J connectivity index is 1.92. The van der Waals surface area contributed by atoms with Gasteiger partial charge in [-0.15, -0.1) is 0 Å². The number of aromatic amines is 1. The van der Waals surface area contributed by atoms with Crippen LogP contribution in [0.4, 0.5) is 5.69 Å². The van der Waals surface area contributed by atoms with E-state index in [4.69, 9.17) is 0 Å². The maximum absolute atomic E-state index is 11.7. The van der Waals surface area contributed by atoms with E-state index in [9.17, 15) is 18.6 Å². The zero-order valence-electron chi connectivity index (χ0n) is 10.7. The van der Waals surface area contributed by atoms with Gasteiger partial charge in [-0.1, -0.05) is 6.07 Å². The Labute approximate surface area is 120 Å². The molecule has 1 aliphatic rings. The third kappa shape index (κ3) is 2.50. The summed E-state index contributed by atoms with van der Waals surface area (Å²) in [6, 6.07) is 6.43. The second-order valence-corrected chi connectivity index (χ2v) is 6.05. The zero-order valence-corrected chi connectivity index (χ0v) is 11.5. The van der Waals surface area contributed by atoms with E-state index >= 15 is 0 Å². The minimum absolute atomic E-state index is 0.0555. The van der Waals surface area contributed by atoms with Crippen LogP contribution in [0.3, 0.4) is 0 Å². The number of aromatic nitrogens is 2. The average Bonchev–Trinajstić information content (AvgIpc) is 2.97. The topological polar surface area (TPSA) is 119 Å². The first kappa shape index (κ1) is 13.3. The predicted octanol–water partition coefficient (Wildman–Crippen LogP) is 0.717. The van der Waals surface area contributed by atoms with Gasteiger partial charge in [-0.2, -0.15) is 13.5 Å². The Morgan fingerprint density at radius 2 is 2.05 bits per heavy atom. The Hall–Kier alpha value is -2.68. The minimum atomic E-state index is -3.91. The zero-order chi connectivity index (χ0) is 15.0. The molecule has 2 aromatic rings. The molecule has 0 atom stereocenters. The highest BCUT2D eigenvalue weighted by atomic mass is 32.2. The molecule has 1 aromatic heterocycles. The Morgan fingerprint density at radius 1 is 1.24 bits per heavy atom. The Morgan fingerprint density at radius 3 is 2.62 bits per heavy atom. The van der Waals surface area contributed by atoms with Gasteiger partial charge in [-0.05, 0) is 23.8 Å². The molecule has 0 amide bonds. The number of aliphatic hydroxyl groups is 1. The summed E-state index contributed by atoms with van der Waals surface area (Å²) in [5.74, 6) is -0.709. The van der Waals surface area contributed by atoms with Gasteiger partial charge in [0.25, 0.3) is 0 Å². The summed E-state index contributed by atoms with van der Waals surface area (Å²) in [6.07, 6.45) is 3.14. The van der Waals surface area contributed by atoms with E-state index in [1.54, 1.807) is 18.3 Å². The lowest BCUT2D eigenvalue weighted by atomic mass is 10.1. The number of aromatic hydroxyl groups is 1. The van der Waals surface area contributed by atoms with E-state index in [1.165, 1.54) is 12.1 Å². The summed E-state index contributed by atoms with van der Waals surface area (Å²) >= 11 is 0. The molecule has 0 radical (unpaired) electrons. The van der Waals surface area contributed by atoms with Crippen molar-refractivity contribution in [1.82, 2.24) is 14.9 Å². The molecule has 21 heavy (non-hydrogen) atoms. The molecule has 0 spiro atoms. The number of aliphatic hydroxyl groups excluding tert-OH is 1. The third-order valence-corrected chi connectivity index (χ3v) is 4.25. The SMILES string of the molecule is O=S1(=O)NC(O)=CN1c1ccc(Cc2ccn[nH]2)cc1O. The smallest absolute Gasteiger partial charge is 0.330 e. The summed E-state index contributed by atoms with van der Waals surface area (Å²) in [7, 11) is -3.91. The van der Waals surface area contributed by atoms with Gasteiger partial charge in [0.05, 0.1) is 6.20 Å². The van der Waals surface area contributed by atoms with Crippen LogP contribution >= 0.6 is 0 Å². The standard InChI is InChI=1S/C12H12N4O4S/c17-11-6-8(5-9-3-4-13-14-9)1-2-10(11)16-7-12(18)15-21(16,19)20/h1-4,6-7,15,17-18H,5H2,(H,13,14). The number of hydrogen-bond donors (Lipinski definition) is 4. The van der Waals surface area contributed by atoms with Crippen molar-refractivity contribution in [3.8, 4) is 5.75 Å². The molecule has 4 N–H and O–H groups in total. The molecule has 110 valence electrons. The van der Waals surface area contributed by atoms with Crippen molar-refractivity contribution in [2.45, 2.75) is 6.42 Å². The first-order valence-electron chi connectivity index (χ1n) is 5.99. The second-order valence-electron chi connectivity index (χ2n) is 4.50. The summed E-state index contributed by atoms with van der Waals surface area (Å²) in [4.78, 5) is 0. The lowest BCUT2D eigenvalue weighted by molar-refractivity contribution is 0.392. The highest BCUT2D eigenvalue weighted by Crippen LogP contribution is 2.32. The first-order chi connectivity index (χ1) is 9.95. The first-order valence-corrected chi connectivity index (χ1v) is 7.43. The third-order valence-electron chi connectivity index (χ3n) is 2.96. The fraction of sp³-hybridized carbons (Fsp3) is 0.0833. The summed E-state index contributed by atoms with van der Waals surface area (Å²) in [6.45, 7) is 0. The monoisotopic (exact) mass is 308 g/mol. The second kappa shape index (κ2) is 4.70. The van der Waals surface area contributed by atoms with Crippen LogP contribution in [-0.2, 0) is 16.6 Å². The summed E-state index contributed by atoms with van der Waals surface area (Å²) in [5, 5.41) is 25.9. The molecule has 3 rings (SSSR count). The number of H-pyrrole nitrogens is 1. The van der Waals surface area contributed by atoms with E-state index in [2.05, 4.69) is 10.2 Å². The fourth-order valence-corrected chi connectivity index (χ4v) is 3.12. The van der Waals surface area contributed by atoms with Gasteiger partial charge in [0, 0.05) is 18.3 Å². The molecule has 0 bridgehead atoms. The average molecular weight is 308 g/mol. The van der Waals surface area contributed by atoms with E-state index in [1.807, 2.05) is 4.72 Å². The van der Waals surface area contributed by atoms with Gasteiger partial charge in [0.1, 0.15) is 11.4 Å². The van der Waals surface area contributed by atoms with Gasteiger partial charge < -0.3 is 10.2 Å². The van der Waals surface area contributed by atoms with Crippen LogP contribution in [-0.4, -0.2) is 28.8 Å². The lowest BCUT2D eigenvalue weighted by Gasteiger charge is -2.15. The van der Waals surface area contributed by atoms with Crippen molar-refractivity contribution >= 4 is 15.9 Å². The molecule has 0 unspecified atom stereocenters. The fourth-order valence-electron chi connectivity index (χ4n) is 2.06. The molecule has 2 heterocycles. The maximum atomic E-state index is 11.7. The highest BCUT2D eigenvalue weighted by molar-refractivity contribution is 7.91. The summed E-state index contributed by atoms with van der Waals surface area (Å²) < 4.78 is 26.2. The van der Waals surface area contributed by atoms with Crippen LogP contribution in [0.2, 0.25) is 0 Å². The largest absolute Gasteiger partial charge is 0.506 e. The van der Waals surface area contributed by atoms with Crippen molar-refractivity contribution in [2.75, 3.05) is 4.31 Å². The molecular weight excluding hydrogens is 296 g/mol. The van der Waals surface area contributed by atoms with Crippen LogP contribution in [0, 0.1) is 0 Å². The number of benzene rings is 1. The van der Waals surface area contributed by atoms with Crippen LogP contribution in [0.15, 0.2) is 42.5 Å². The van der Waals surface area contributed by atoms with Crippen molar-refractivity contribution in [3.05, 3.63) is 53.8 Å². The molecule has 9 heteroatoms. The lowest BCUT2D eigenvalue weighted by Crippen LogP contribution is -2.29. The number of phenolic OH excluding ortho intramolecular Hbond substituents is 1. The number of nitrogens with zero attached hydrogens (tertiary/aromatic N) is 2. The van der Waals surface area contributed by atoms with Crippen LogP contribution in [0.5, 0.6) is 5.75 Å².